The van der Waals surface area contributed by atoms with E-state index in [1.54, 1.807) is 10.9 Å². The zero-order valence-electron chi connectivity index (χ0n) is 7.77. The van der Waals surface area contributed by atoms with E-state index in [1.807, 2.05) is 0 Å². The maximum atomic E-state index is 11.4. The molecule has 14 heavy (non-hydrogen) atoms. The van der Waals surface area contributed by atoms with Gasteiger partial charge in [0.15, 0.2) is 0 Å². The molecule has 1 aromatic heterocycles. The fourth-order valence-corrected chi connectivity index (χ4v) is 1.46. The smallest absolute Gasteiger partial charge is 0.271 e. The van der Waals surface area contributed by atoms with Crippen molar-refractivity contribution in [2.45, 2.75) is 6.04 Å². The van der Waals surface area contributed by atoms with E-state index in [4.69, 9.17) is 9.84 Å². The molecular formula is C8H12N2O3S. The van der Waals surface area contributed by atoms with Gasteiger partial charge in [0, 0.05) is 12.5 Å². The normalized spacial score (nSPS) is 12.4. The van der Waals surface area contributed by atoms with Gasteiger partial charge in [0.1, 0.15) is 5.69 Å². The summed E-state index contributed by atoms with van der Waals surface area (Å²) in [7, 11) is 1.51. The molecule has 1 amide bonds. The van der Waals surface area contributed by atoms with Crippen molar-refractivity contribution in [3.8, 4) is 0 Å². The van der Waals surface area contributed by atoms with Crippen LogP contribution in [0.25, 0.3) is 0 Å². The first-order valence-corrected chi connectivity index (χ1v) is 5.01. The number of aromatic nitrogens is 1. The number of aliphatic hydroxyl groups excluding tert-OH is 1. The summed E-state index contributed by atoms with van der Waals surface area (Å²) < 4.78 is 4.82. The first-order chi connectivity index (χ1) is 6.77. The molecule has 0 spiro atoms. The van der Waals surface area contributed by atoms with E-state index in [2.05, 4.69) is 10.3 Å². The van der Waals surface area contributed by atoms with E-state index in [0.717, 1.165) is 0 Å². The summed E-state index contributed by atoms with van der Waals surface area (Å²) in [5.41, 5.74) is 1.95. The van der Waals surface area contributed by atoms with Crippen LogP contribution in [0.5, 0.6) is 0 Å². The number of carbonyl (C=O) groups excluding carboxylic acids is 1. The van der Waals surface area contributed by atoms with Crippen molar-refractivity contribution in [2.75, 3.05) is 20.3 Å². The summed E-state index contributed by atoms with van der Waals surface area (Å²) in [5, 5.41) is 13.1. The molecule has 0 bridgehead atoms. The monoisotopic (exact) mass is 216 g/mol. The lowest BCUT2D eigenvalue weighted by Crippen LogP contribution is -2.40. The summed E-state index contributed by atoms with van der Waals surface area (Å²) in [6.07, 6.45) is 0. The second kappa shape index (κ2) is 5.69. The second-order valence-corrected chi connectivity index (χ2v) is 3.40. The molecule has 1 unspecified atom stereocenters. The maximum absolute atomic E-state index is 11.4. The van der Waals surface area contributed by atoms with Gasteiger partial charge < -0.3 is 15.2 Å². The largest absolute Gasteiger partial charge is 0.394 e. The number of rotatable bonds is 5. The van der Waals surface area contributed by atoms with E-state index in [0.29, 0.717) is 5.69 Å². The highest BCUT2D eigenvalue weighted by molar-refractivity contribution is 7.07. The topological polar surface area (TPSA) is 71.5 Å². The third kappa shape index (κ3) is 3.06. The van der Waals surface area contributed by atoms with Crippen LogP contribution in [-0.4, -0.2) is 42.4 Å². The van der Waals surface area contributed by atoms with Gasteiger partial charge in [0.05, 0.1) is 24.8 Å². The van der Waals surface area contributed by atoms with Crippen LogP contribution in [0, 0.1) is 0 Å². The lowest BCUT2D eigenvalue weighted by atomic mass is 10.3. The molecule has 1 atom stereocenters. The van der Waals surface area contributed by atoms with Gasteiger partial charge in [-0.25, -0.2) is 4.98 Å². The quantitative estimate of drug-likeness (QED) is 0.720. The van der Waals surface area contributed by atoms with Crippen molar-refractivity contribution < 1.29 is 14.6 Å². The van der Waals surface area contributed by atoms with E-state index in [9.17, 15) is 4.79 Å². The molecule has 1 rings (SSSR count). The van der Waals surface area contributed by atoms with Gasteiger partial charge in [-0.2, -0.15) is 0 Å². The number of nitrogens with zero attached hydrogens (tertiary/aromatic N) is 1. The Labute approximate surface area is 85.7 Å². The Hall–Kier alpha value is -0.980. The third-order valence-corrected chi connectivity index (χ3v) is 2.17. The zero-order chi connectivity index (χ0) is 10.4. The van der Waals surface area contributed by atoms with E-state index < -0.39 is 0 Å². The number of ether oxygens (including phenoxy) is 1. The van der Waals surface area contributed by atoms with Gasteiger partial charge in [-0.15, -0.1) is 11.3 Å². The number of aliphatic hydroxyl groups is 1. The highest BCUT2D eigenvalue weighted by Gasteiger charge is 2.13. The molecule has 1 heterocycles. The molecule has 0 saturated heterocycles. The molecule has 6 heteroatoms. The maximum Gasteiger partial charge on any atom is 0.271 e. The number of hydrogen-bond donors (Lipinski definition) is 2. The molecule has 5 nitrogen and oxygen atoms in total. The van der Waals surface area contributed by atoms with Gasteiger partial charge >= 0.3 is 0 Å². The van der Waals surface area contributed by atoms with Crippen LogP contribution in [0.15, 0.2) is 10.9 Å². The fourth-order valence-electron chi connectivity index (χ4n) is 0.925. The number of methoxy groups -OCH3 is 1. The van der Waals surface area contributed by atoms with Crippen LogP contribution >= 0.6 is 11.3 Å². The molecule has 0 fully saturated rings. The number of hydrogen-bond acceptors (Lipinski definition) is 5. The van der Waals surface area contributed by atoms with Crippen molar-refractivity contribution >= 4 is 17.2 Å². The Balaban J connectivity index is 2.47. The van der Waals surface area contributed by atoms with Gasteiger partial charge in [-0.1, -0.05) is 0 Å². The molecule has 1 aromatic rings. The van der Waals surface area contributed by atoms with E-state index in [1.165, 1.54) is 18.4 Å². The minimum atomic E-state index is -0.380. The molecule has 0 aliphatic heterocycles. The lowest BCUT2D eigenvalue weighted by Gasteiger charge is -2.13. The molecule has 0 aromatic carbocycles. The highest BCUT2D eigenvalue weighted by Crippen LogP contribution is 2.00. The highest BCUT2D eigenvalue weighted by atomic mass is 32.1. The standard InChI is InChI=1S/C8H12N2O3S/c1-13-3-6(2-11)10-8(12)7-4-14-5-9-7/h4-6,11H,2-3H2,1H3,(H,10,12). The molecule has 0 saturated carbocycles. The lowest BCUT2D eigenvalue weighted by molar-refractivity contribution is 0.0835. The Kier molecular flexibility index (Phi) is 4.51. The number of nitrogens with one attached hydrogen (secondary N) is 1. The van der Waals surface area contributed by atoms with Crippen molar-refractivity contribution in [1.82, 2.24) is 10.3 Å². The second-order valence-electron chi connectivity index (χ2n) is 2.68. The SMILES string of the molecule is COCC(CO)NC(=O)c1cscn1. The summed E-state index contributed by atoms with van der Waals surface area (Å²) in [4.78, 5) is 15.3. The molecule has 0 aliphatic rings. The average Bonchev–Trinajstić information content (AvgIpc) is 2.69. The molecule has 78 valence electrons. The molecule has 0 radical (unpaired) electrons. The van der Waals surface area contributed by atoms with Crippen molar-refractivity contribution in [2.24, 2.45) is 0 Å². The van der Waals surface area contributed by atoms with E-state index in [-0.39, 0.29) is 25.2 Å². The molecule has 0 aliphatic carbocycles. The Bertz CT molecular complexity index is 276. The molecule has 2 N–H and O–H groups in total. The summed E-state index contributed by atoms with van der Waals surface area (Å²) in [5.74, 6) is -0.289. The van der Waals surface area contributed by atoms with Crippen LogP contribution in [0.4, 0.5) is 0 Å². The number of amides is 1. The average molecular weight is 216 g/mol. The van der Waals surface area contributed by atoms with Crippen molar-refractivity contribution in [3.05, 3.63) is 16.6 Å². The Morgan fingerprint density at radius 2 is 2.64 bits per heavy atom. The minimum absolute atomic E-state index is 0.149. The van der Waals surface area contributed by atoms with E-state index >= 15 is 0 Å². The summed E-state index contributed by atoms with van der Waals surface area (Å²) in [6, 6.07) is -0.380. The predicted molar refractivity (Wildman–Crippen MR) is 52.3 cm³/mol. The van der Waals surface area contributed by atoms with Gasteiger partial charge in [0.2, 0.25) is 0 Å². The summed E-state index contributed by atoms with van der Waals surface area (Å²) in [6.45, 7) is 0.135. The van der Waals surface area contributed by atoms with Gasteiger partial charge in [-0.05, 0) is 0 Å². The summed E-state index contributed by atoms with van der Waals surface area (Å²) >= 11 is 1.35. The van der Waals surface area contributed by atoms with Crippen molar-refractivity contribution in [1.29, 1.82) is 0 Å². The van der Waals surface area contributed by atoms with Gasteiger partial charge in [0.25, 0.3) is 5.91 Å². The van der Waals surface area contributed by atoms with Crippen molar-refractivity contribution in [3.63, 3.8) is 0 Å². The van der Waals surface area contributed by atoms with Crippen LogP contribution < -0.4 is 5.32 Å². The van der Waals surface area contributed by atoms with Crippen LogP contribution in [0.1, 0.15) is 10.5 Å². The first kappa shape index (κ1) is 11.1. The number of carbonyl (C=O) groups is 1. The van der Waals surface area contributed by atoms with Crippen LogP contribution in [-0.2, 0) is 4.74 Å². The number of thiazole rings is 1. The predicted octanol–water partition coefficient (Wildman–Crippen LogP) is -0.120. The minimum Gasteiger partial charge on any atom is -0.394 e. The van der Waals surface area contributed by atoms with Crippen LogP contribution in [0.3, 0.4) is 0 Å². The Morgan fingerprint density at radius 1 is 1.86 bits per heavy atom. The first-order valence-electron chi connectivity index (χ1n) is 4.06. The molecular weight excluding hydrogens is 204 g/mol. The van der Waals surface area contributed by atoms with Gasteiger partial charge in [-0.3, -0.25) is 4.79 Å². The Morgan fingerprint density at radius 3 is 3.14 bits per heavy atom. The third-order valence-electron chi connectivity index (χ3n) is 1.59. The zero-order valence-corrected chi connectivity index (χ0v) is 8.58. The fraction of sp³-hybridized carbons (Fsp3) is 0.500. The van der Waals surface area contributed by atoms with Crippen LogP contribution in [0.2, 0.25) is 0 Å².